The number of carbonyl (C=O) groups excluding carboxylic acids is 1. The number of benzene rings is 1. The molecule has 0 aliphatic rings. The van der Waals surface area contributed by atoms with Gasteiger partial charge in [0.05, 0.1) is 4.90 Å². The van der Waals surface area contributed by atoms with Crippen molar-refractivity contribution < 1.29 is 23.1 Å². The first-order chi connectivity index (χ1) is 9.25. The summed E-state index contributed by atoms with van der Waals surface area (Å²) < 4.78 is 22.8. The van der Waals surface area contributed by atoms with Crippen LogP contribution in [0.15, 0.2) is 29.2 Å². The Labute approximate surface area is 117 Å². The van der Waals surface area contributed by atoms with Crippen LogP contribution in [0.25, 0.3) is 0 Å². The minimum Gasteiger partial charge on any atom is -0.480 e. The Morgan fingerprint density at radius 3 is 2.50 bits per heavy atom. The fourth-order valence-corrected chi connectivity index (χ4v) is 2.32. The van der Waals surface area contributed by atoms with Crippen LogP contribution in [0, 0.1) is 0 Å². The average Bonchev–Trinajstić information content (AvgIpc) is 2.37. The number of sulfone groups is 1. The van der Waals surface area contributed by atoms with Crippen LogP contribution in [0.2, 0.25) is 0 Å². The highest BCUT2D eigenvalue weighted by atomic mass is 32.2. The quantitative estimate of drug-likeness (QED) is 0.818. The second-order valence-electron chi connectivity index (χ2n) is 4.45. The zero-order valence-electron chi connectivity index (χ0n) is 11.3. The van der Waals surface area contributed by atoms with Crippen molar-refractivity contribution in [3.05, 3.63) is 29.8 Å². The van der Waals surface area contributed by atoms with E-state index in [9.17, 15) is 18.0 Å². The van der Waals surface area contributed by atoms with E-state index in [1.165, 1.54) is 24.3 Å². The Bertz CT molecular complexity index is 609. The lowest BCUT2D eigenvalue weighted by atomic mass is 10.1. The van der Waals surface area contributed by atoms with Gasteiger partial charge in [0.2, 0.25) is 0 Å². The Balaban J connectivity index is 2.95. The highest BCUT2D eigenvalue weighted by Crippen LogP contribution is 2.11. The molecule has 0 heterocycles. The number of carbonyl (C=O) groups is 2. The van der Waals surface area contributed by atoms with Gasteiger partial charge in [-0.15, -0.1) is 0 Å². The fourth-order valence-electron chi connectivity index (χ4n) is 1.66. The smallest absolute Gasteiger partial charge is 0.326 e. The molecule has 0 saturated carbocycles. The molecule has 0 saturated heterocycles. The lowest BCUT2D eigenvalue weighted by Gasteiger charge is -2.13. The van der Waals surface area contributed by atoms with Gasteiger partial charge < -0.3 is 10.4 Å². The zero-order valence-corrected chi connectivity index (χ0v) is 12.1. The maximum Gasteiger partial charge on any atom is 0.326 e. The van der Waals surface area contributed by atoms with Crippen molar-refractivity contribution in [3.8, 4) is 0 Å². The second kappa shape index (κ2) is 6.51. The number of hydrogen-bond donors (Lipinski definition) is 2. The molecule has 0 unspecified atom stereocenters. The van der Waals surface area contributed by atoms with Gasteiger partial charge in [-0.2, -0.15) is 0 Å². The summed E-state index contributed by atoms with van der Waals surface area (Å²) in [7, 11) is -3.41. The molecular formula is C13H17NO5S. The molecule has 1 rings (SSSR count). The molecule has 110 valence electrons. The fraction of sp³-hybridized carbons (Fsp3) is 0.385. The van der Waals surface area contributed by atoms with Crippen LogP contribution in [-0.4, -0.2) is 37.7 Å². The van der Waals surface area contributed by atoms with E-state index >= 15 is 0 Å². The number of aliphatic carboxylic acids is 1. The number of rotatable bonds is 6. The number of hydrogen-bond acceptors (Lipinski definition) is 4. The third-order valence-electron chi connectivity index (χ3n) is 2.71. The largest absolute Gasteiger partial charge is 0.480 e. The minimum absolute atomic E-state index is 0.0208. The number of carboxylic acids is 1. The Kier molecular flexibility index (Phi) is 5.26. The second-order valence-corrected chi connectivity index (χ2v) is 6.47. The van der Waals surface area contributed by atoms with Crippen LogP contribution >= 0.6 is 0 Å². The molecule has 0 bridgehead atoms. The van der Waals surface area contributed by atoms with E-state index in [1.54, 1.807) is 0 Å². The van der Waals surface area contributed by atoms with Crippen molar-refractivity contribution in [1.82, 2.24) is 5.32 Å². The number of amides is 1. The maximum absolute atomic E-state index is 11.9. The molecule has 0 aliphatic carbocycles. The van der Waals surface area contributed by atoms with Crippen molar-refractivity contribution in [2.75, 3.05) is 6.26 Å². The normalized spacial score (nSPS) is 12.7. The molecule has 0 fully saturated rings. The van der Waals surface area contributed by atoms with Gasteiger partial charge in [0.15, 0.2) is 9.84 Å². The molecular weight excluding hydrogens is 282 g/mol. The molecule has 0 aliphatic heterocycles. The van der Waals surface area contributed by atoms with Gasteiger partial charge in [-0.25, -0.2) is 13.2 Å². The van der Waals surface area contributed by atoms with Gasteiger partial charge in [-0.3, -0.25) is 4.79 Å². The topological polar surface area (TPSA) is 101 Å². The van der Waals surface area contributed by atoms with E-state index < -0.39 is 27.8 Å². The third kappa shape index (κ3) is 4.34. The Hall–Kier alpha value is -1.89. The van der Waals surface area contributed by atoms with Crippen molar-refractivity contribution in [3.63, 3.8) is 0 Å². The van der Waals surface area contributed by atoms with Gasteiger partial charge in [0.1, 0.15) is 6.04 Å². The molecule has 1 atom stereocenters. The lowest BCUT2D eigenvalue weighted by molar-refractivity contribution is -0.139. The van der Waals surface area contributed by atoms with E-state index in [4.69, 9.17) is 5.11 Å². The summed E-state index contributed by atoms with van der Waals surface area (Å²) >= 11 is 0. The summed E-state index contributed by atoms with van der Waals surface area (Å²) in [6.45, 7) is 1.81. The van der Waals surface area contributed by atoms with E-state index in [2.05, 4.69) is 5.32 Å². The van der Waals surface area contributed by atoms with Gasteiger partial charge in [0.25, 0.3) is 5.91 Å². The van der Waals surface area contributed by atoms with E-state index in [-0.39, 0.29) is 10.5 Å². The van der Waals surface area contributed by atoms with Gasteiger partial charge >= 0.3 is 5.97 Å². The van der Waals surface area contributed by atoms with Crippen LogP contribution in [0.1, 0.15) is 30.1 Å². The third-order valence-corrected chi connectivity index (χ3v) is 3.82. The molecule has 2 N–H and O–H groups in total. The van der Waals surface area contributed by atoms with E-state index in [0.717, 1.165) is 6.26 Å². The van der Waals surface area contributed by atoms with Crippen LogP contribution < -0.4 is 5.32 Å². The number of carboxylic acid groups (broad SMARTS) is 1. The standard InChI is InChI=1S/C13H17NO5S/c1-3-5-11(13(16)17)14-12(15)9-6-4-7-10(8-9)20(2,18)19/h4,6-8,11H,3,5H2,1-2H3,(H,14,15)(H,16,17)/t11-/m0/s1. The average molecular weight is 299 g/mol. The monoisotopic (exact) mass is 299 g/mol. The summed E-state index contributed by atoms with van der Waals surface area (Å²) in [5, 5.41) is 11.4. The minimum atomic E-state index is -3.41. The van der Waals surface area contributed by atoms with E-state index in [0.29, 0.717) is 12.8 Å². The first-order valence-corrected chi connectivity index (χ1v) is 7.98. The van der Waals surface area contributed by atoms with Gasteiger partial charge in [0, 0.05) is 11.8 Å². The molecule has 7 heteroatoms. The van der Waals surface area contributed by atoms with Crippen molar-refractivity contribution >= 4 is 21.7 Å². The van der Waals surface area contributed by atoms with Crippen molar-refractivity contribution in [2.45, 2.75) is 30.7 Å². The predicted octanol–water partition coefficient (Wildman–Crippen LogP) is 1.07. The van der Waals surface area contributed by atoms with Gasteiger partial charge in [-0.1, -0.05) is 19.4 Å². The van der Waals surface area contributed by atoms with Crippen molar-refractivity contribution in [2.24, 2.45) is 0 Å². The molecule has 1 amide bonds. The van der Waals surface area contributed by atoms with Crippen LogP contribution in [0.4, 0.5) is 0 Å². The van der Waals surface area contributed by atoms with Crippen LogP contribution in [-0.2, 0) is 14.6 Å². The SMILES string of the molecule is CCC[C@H](NC(=O)c1cccc(S(C)(=O)=O)c1)C(=O)O. The van der Waals surface area contributed by atoms with E-state index in [1.807, 2.05) is 6.92 Å². The first-order valence-electron chi connectivity index (χ1n) is 6.09. The summed E-state index contributed by atoms with van der Waals surface area (Å²) in [5.41, 5.74) is 0.121. The molecule has 6 nitrogen and oxygen atoms in total. The highest BCUT2D eigenvalue weighted by Gasteiger charge is 2.20. The van der Waals surface area contributed by atoms with Crippen molar-refractivity contribution in [1.29, 1.82) is 0 Å². The molecule has 0 aromatic heterocycles. The number of nitrogens with one attached hydrogen (secondary N) is 1. The molecule has 0 radical (unpaired) electrons. The summed E-state index contributed by atoms with van der Waals surface area (Å²) in [6.07, 6.45) is 1.97. The van der Waals surface area contributed by atoms with Gasteiger partial charge in [-0.05, 0) is 24.6 Å². The molecule has 20 heavy (non-hydrogen) atoms. The Morgan fingerprint density at radius 1 is 1.35 bits per heavy atom. The zero-order chi connectivity index (χ0) is 15.3. The summed E-state index contributed by atoms with van der Waals surface area (Å²) in [5.74, 6) is -1.71. The predicted molar refractivity (Wildman–Crippen MR) is 73.3 cm³/mol. The van der Waals surface area contributed by atoms with Crippen LogP contribution in [0.3, 0.4) is 0 Å². The lowest BCUT2D eigenvalue weighted by Crippen LogP contribution is -2.40. The summed E-state index contributed by atoms with van der Waals surface area (Å²) in [6, 6.07) is 4.52. The Morgan fingerprint density at radius 2 is 2.00 bits per heavy atom. The summed E-state index contributed by atoms with van der Waals surface area (Å²) in [4.78, 5) is 22.9. The molecule has 1 aromatic rings. The first kappa shape index (κ1) is 16.2. The molecule has 1 aromatic carbocycles. The molecule has 0 spiro atoms. The van der Waals surface area contributed by atoms with Crippen LogP contribution in [0.5, 0.6) is 0 Å². The highest BCUT2D eigenvalue weighted by molar-refractivity contribution is 7.90. The maximum atomic E-state index is 11.9.